The summed E-state index contributed by atoms with van der Waals surface area (Å²) in [5.41, 5.74) is 2.39. The van der Waals surface area contributed by atoms with Crippen LogP contribution in [0.15, 0.2) is 12.1 Å². The first-order chi connectivity index (χ1) is 6.29. The van der Waals surface area contributed by atoms with Crippen LogP contribution in [0.3, 0.4) is 0 Å². The van der Waals surface area contributed by atoms with E-state index in [1.807, 2.05) is 13.8 Å². The quantitative estimate of drug-likeness (QED) is 0.759. The van der Waals surface area contributed by atoms with Gasteiger partial charge in [-0.05, 0) is 30.5 Å². The Bertz CT molecular complexity index is 429. The molecular weight excluding hydrogens is 243 g/mol. The van der Waals surface area contributed by atoms with E-state index >= 15 is 0 Å². The Kier molecular flexibility index (Phi) is 3.45. The Morgan fingerprint density at radius 2 is 1.64 bits per heavy atom. The molecule has 1 aromatic carbocycles. The molecule has 1 rings (SSSR count). The molecule has 0 unspecified atom stereocenters. The van der Waals surface area contributed by atoms with E-state index in [1.54, 1.807) is 12.1 Å². The first-order valence-electron chi connectivity index (χ1n) is 3.97. The van der Waals surface area contributed by atoms with Gasteiger partial charge in [0.15, 0.2) is 0 Å². The highest BCUT2D eigenvalue weighted by Crippen LogP contribution is 2.23. The van der Waals surface area contributed by atoms with Crippen LogP contribution in [0.1, 0.15) is 16.7 Å². The number of hydrogen-bond acceptors (Lipinski definition) is 2. The molecule has 0 heterocycles. The maximum Gasteiger partial charge on any atom is 0.236 e. The lowest BCUT2D eigenvalue weighted by atomic mass is 10.1. The SMILES string of the molecule is Cc1cc(CS(=O)(=O)Cl)cc(C)c1Cl. The van der Waals surface area contributed by atoms with Crippen molar-refractivity contribution in [2.24, 2.45) is 0 Å². The predicted molar refractivity (Wildman–Crippen MR) is 59.4 cm³/mol. The normalized spacial score (nSPS) is 11.7. The van der Waals surface area contributed by atoms with E-state index in [-0.39, 0.29) is 5.75 Å². The van der Waals surface area contributed by atoms with Gasteiger partial charge in [-0.15, -0.1) is 0 Å². The Morgan fingerprint density at radius 3 is 2.00 bits per heavy atom. The van der Waals surface area contributed by atoms with Crippen LogP contribution in [-0.4, -0.2) is 8.42 Å². The van der Waals surface area contributed by atoms with Gasteiger partial charge in [-0.25, -0.2) is 8.42 Å². The lowest BCUT2D eigenvalue weighted by Crippen LogP contribution is -1.96. The number of benzene rings is 1. The summed E-state index contributed by atoms with van der Waals surface area (Å²) in [6, 6.07) is 3.46. The fourth-order valence-corrected chi connectivity index (χ4v) is 2.37. The standard InChI is InChI=1S/C9H10Cl2O2S/c1-6-3-8(5-14(11,12)13)4-7(2)9(6)10/h3-4H,5H2,1-2H3. The molecule has 0 spiro atoms. The smallest absolute Gasteiger partial charge is 0.212 e. The van der Waals surface area contributed by atoms with Crippen molar-refractivity contribution in [1.82, 2.24) is 0 Å². The van der Waals surface area contributed by atoms with Gasteiger partial charge >= 0.3 is 0 Å². The molecule has 5 heteroatoms. The van der Waals surface area contributed by atoms with Crippen LogP contribution in [0, 0.1) is 13.8 Å². The van der Waals surface area contributed by atoms with Crippen molar-refractivity contribution < 1.29 is 8.42 Å². The van der Waals surface area contributed by atoms with Crippen molar-refractivity contribution in [3.05, 3.63) is 33.8 Å². The van der Waals surface area contributed by atoms with Crippen molar-refractivity contribution in [2.75, 3.05) is 0 Å². The largest absolute Gasteiger partial charge is 0.236 e. The van der Waals surface area contributed by atoms with Crippen molar-refractivity contribution in [2.45, 2.75) is 19.6 Å². The number of hydrogen-bond donors (Lipinski definition) is 0. The lowest BCUT2D eigenvalue weighted by molar-refractivity contribution is 0.609. The summed E-state index contributed by atoms with van der Waals surface area (Å²) in [5, 5.41) is 0.667. The summed E-state index contributed by atoms with van der Waals surface area (Å²) >= 11 is 5.94. The van der Waals surface area contributed by atoms with E-state index in [9.17, 15) is 8.42 Å². The number of halogens is 2. The summed E-state index contributed by atoms with van der Waals surface area (Å²) in [4.78, 5) is 0. The number of rotatable bonds is 2. The van der Waals surface area contributed by atoms with E-state index < -0.39 is 9.05 Å². The van der Waals surface area contributed by atoms with Crippen molar-refractivity contribution in [1.29, 1.82) is 0 Å². The van der Waals surface area contributed by atoms with E-state index in [0.29, 0.717) is 10.6 Å². The van der Waals surface area contributed by atoms with Crippen molar-refractivity contribution in [3.8, 4) is 0 Å². The second kappa shape index (κ2) is 4.09. The van der Waals surface area contributed by atoms with Crippen LogP contribution in [0.5, 0.6) is 0 Å². The zero-order chi connectivity index (χ0) is 10.9. The molecule has 0 amide bonds. The van der Waals surface area contributed by atoms with Crippen molar-refractivity contribution in [3.63, 3.8) is 0 Å². The van der Waals surface area contributed by atoms with Gasteiger partial charge in [-0.3, -0.25) is 0 Å². The second-order valence-electron chi connectivity index (χ2n) is 3.23. The highest BCUT2D eigenvalue weighted by molar-refractivity contribution is 8.13. The molecule has 0 bridgehead atoms. The molecule has 1 aromatic rings. The molecule has 0 aliphatic rings. The molecule has 0 N–H and O–H groups in total. The average Bonchev–Trinajstić information content (AvgIpc) is 1.96. The first-order valence-corrected chi connectivity index (χ1v) is 6.83. The van der Waals surface area contributed by atoms with Gasteiger partial charge in [0.05, 0.1) is 5.75 Å². The molecule has 0 fully saturated rings. The molecule has 78 valence electrons. The summed E-state index contributed by atoms with van der Waals surface area (Å²) in [6.45, 7) is 3.67. The van der Waals surface area contributed by atoms with Crippen LogP contribution in [0.2, 0.25) is 5.02 Å². The Labute approximate surface area is 93.3 Å². The minimum Gasteiger partial charge on any atom is -0.212 e. The van der Waals surface area contributed by atoms with E-state index in [1.165, 1.54) is 0 Å². The molecule has 14 heavy (non-hydrogen) atoms. The predicted octanol–water partition coefficient (Wildman–Crippen LogP) is 3.03. The zero-order valence-corrected chi connectivity index (χ0v) is 10.2. The molecule has 0 radical (unpaired) electrons. The topological polar surface area (TPSA) is 34.1 Å². The second-order valence-corrected chi connectivity index (χ2v) is 6.38. The molecule has 0 aliphatic heterocycles. The third kappa shape index (κ3) is 3.15. The maximum atomic E-state index is 10.8. The van der Waals surface area contributed by atoms with E-state index in [2.05, 4.69) is 0 Å². The van der Waals surface area contributed by atoms with E-state index in [4.69, 9.17) is 22.3 Å². The molecular formula is C9H10Cl2O2S. The molecule has 0 aromatic heterocycles. The van der Waals surface area contributed by atoms with Crippen LogP contribution < -0.4 is 0 Å². The van der Waals surface area contributed by atoms with Crippen LogP contribution >= 0.6 is 22.3 Å². The Morgan fingerprint density at radius 1 is 1.21 bits per heavy atom. The highest BCUT2D eigenvalue weighted by Gasteiger charge is 2.09. The lowest BCUT2D eigenvalue weighted by Gasteiger charge is -2.05. The van der Waals surface area contributed by atoms with Crippen LogP contribution in [0.4, 0.5) is 0 Å². The molecule has 0 saturated carbocycles. The zero-order valence-electron chi connectivity index (χ0n) is 7.84. The third-order valence-electron chi connectivity index (χ3n) is 1.84. The van der Waals surface area contributed by atoms with Gasteiger partial charge in [0.25, 0.3) is 0 Å². The maximum absolute atomic E-state index is 10.8. The minimum absolute atomic E-state index is 0.159. The summed E-state index contributed by atoms with van der Waals surface area (Å²) in [7, 11) is 1.66. The van der Waals surface area contributed by atoms with Gasteiger partial charge < -0.3 is 0 Å². The van der Waals surface area contributed by atoms with E-state index in [0.717, 1.165) is 11.1 Å². The average molecular weight is 253 g/mol. The molecule has 0 saturated heterocycles. The Balaban J connectivity index is 3.14. The van der Waals surface area contributed by atoms with Gasteiger partial charge in [0.1, 0.15) is 0 Å². The van der Waals surface area contributed by atoms with Crippen molar-refractivity contribution >= 4 is 31.3 Å². The monoisotopic (exact) mass is 252 g/mol. The molecule has 0 aliphatic carbocycles. The van der Waals surface area contributed by atoms with Crippen LogP contribution in [0.25, 0.3) is 0 Å². The number of aryl methyl sites for hydroxylation is 2. The first kappa shape index (κ1) is 11.8. The third-order valence-corrected chi connectivity index (χ3v) is 3.44. The fraction of sp³-hybridized carbons (Fsp3) is 0.333. The summed E-state index contributed by atoms with van der Waals surface area (Å²) in [5.74, 6) is -0.159. The summed E-state index contributed by atoms with van der Waals surface area (Å²) in [6.07, 6.45) is 0. The fourth-order valence-electron chi connectivity index (χ4n) is 1.32. The molecule has 2 nitrogen and oxygen atoms in total. The van der Waals surface area contributed by atoms with Gasteiger partial charge in [0, 0.05) is 15.7 Å². The van der Waals surface area contributed by atoms with Gasteiger partial charge in [-0.2, -0.15) is 0 Å². The van der Waals surface area contributed by atoms with Crippen LogP contribution in [-0.2, 0) is 14.8 Å². The van der Waals surface area contributed by atoms with Gasteiger partial charge in [-0.1, -0.05) is 23.7 Å². The Hall–Kier alpha value is -0.250. The van der Waals surface area contributed by atoms with Gasteiger partial charge in [0.2, 0.25) is 9.05 Å². The highest BCUT2D eigenvalue weighted by atomic mass is 35.7. The minimum atomic E-state index is -3.49. The molecule has 0 atom stereocenters. The summed E-state index contributed by atoms with van der Waals surface area (Å²) < 4.78 is 21.7.